The molecule has 5 nitrogen and oxygen atoms in total. The molecule has 19 heavy (non-hydrogen) atoms. The number of nitrogens with zero attached hydrogens (tertiary/aromatic N) is 3. The van der Waals surface area contributed by atoms with Crippen LogP contribution in [0, 0.1) is 0 Å². The van der Waals surface area contributed by atoms with Gasteiger partial charge in [-0.05, 0) is 18.9 Å². The molecule has 0 saturated heterocycles. The lowest BCUT2D eigenvalue weighted by atomic mass is 10.2. The van der Waals surface area contributed by atoms with Gasteiger partial charge in [0.05, 0.1) is 5.52 Å². The van der Waals surface area contributed by atoms with Crippen molar-refractivity contribution in [2.45, 2.75) is 31.7 Å². The highest BCUT2D eigenvalue weighted by molar-refractivity contribution is 5.84. The molecule has 0 aromatic carbocycles. The maximum atomic E-state index is 4.33. The second kappa shape index (κ2) is 5.93. The van der Waals surface area contributed by atoms with Crippen LogP contribution >= 0.6 is 0 Å². The number of rotatable bonds is 5. The molecule has 1 aliphatic carbocycles. The number of hydrogen-bond acceptors (Lipinski definition) is 5. The first-order chi connectivity index (χ1) is 9.43. The van der Waals surface area contributed by atoms with E-state index in [0.29, 0.717) is 6.04 Å². The molecule has 2 aromatic rings. The van der Waals surface area contributed by atoms with E-state index in [4.69, 9.17) is 0 Å². The lowest BCUT2D eigenvalue weighted by Gasteiger charge is -2.12. The number of pyridine rings is 1. The van der Waals surface area contributed by atoms with Crippen LogP contribution in [-0.2, 0) is 0 Å². The highest BCUT2D eigenvalue weighted by Crippen LogP contribution is 2.17. The Morgan fingerprint density at radius 1 is 1.00 bits per heavy atom. The standard InChI is InChI=1S/C14H19N5/c1-2-4-11(3-1)15-7-10-19-14-13-12(5-6-18-14)16-8-9-17-13/h5-6,8-9,11,15H,1-4,7,10H2,(H,18,19). The van der Waals surface area contributed by atoms with Crippen LogP contribution in [0.15, 0.2) is 24.7 Å². The molecule has 0 radical (unpaired) electrons. The topological polar surface area (TPSA) is 62.7 Å². The van der Waals surface area contributed by atoms with Crippen molar-refractivity contribution in [3.63, 3.8) is 0 Å². The van der Waals surface area contributed by atoms with Gasteiger partial charge in [0.1, 0.15) is 5.52 Å². The van der Waals surface area contributed by atoms with Crippen molar-refractivity contribution in [1.29, 1.82) is 0 Å². The van der Waals surface area contributed by atoms with Gasteiger partial charge in [-0.25, -0.2) is 9.97 Å². The van der Waals surface area contributed by atoms with E-state index in [0.717, 1.165) is 29.9 Å². The van der Waals surface area contributed by atoms with Crippen LogP contribution in [0.1, 0.15) is 25.7 Å². The Morgan fingerprint density at radius 2 is 1.84 bits per heavy atom. The van der Waals surface area contributed by atoms with Gasteiger partial charge in [0, 0.05) is 37.7 Å². The highest BCUT2D eigenvalue weighted by atomic mass is 15.0. The molecule has 100 valence electrons. The van der Waals surface area contributed by atoms with Crippen molar-refractivity contribution >= 4 is 16.9 Å². The average Bonchev–Trinajstić information content (AvgIpc) is 2.97. The largest absolute Gasteiger partial charge is 0.367 e. The molecule has 0 unspecified atom stereocenters. The molecule has 0 aliphatic heterocycles. The van der Waals surface area contributed by atoms with Crippen LogP contribution in [0.25, 0.3) is 11.0 Å². The predicted molar refractivity (Wildman–Crippen MR) is 76.1 cm³/mol. The number of nitrogens with one attached hydrogen (secondary N) is 2. The van der Waals surface area contributed by atoms with E-state index < -0.39 is 0 Å². The molecule has 5 heteroatoms. The summed E-state index contributed by atoms with van der Waals surface area (Å²) >= 11 is 0. The van der Waals surface area contributed by atoms with Crippen molar-refractivity contribution in [1.82, 2.24) is 20.3 Å². The Labute approximate surface area is 112 Å². The fourth-order valence-electron chi connectivity index (χ4n) is 2.61. The summed E-state index contributed by atoms with van der Waals surface area (Å²) in [6.45, 7) is 1.82. The Morgan fingerprint density at radius 3 is 2.74 bits per heavy atom. The molecule has 0 spiro atoms. The van der Waals surface area contributed by atoms with Crippen LogP contribution in [-0.4, -0.2) is 34.1 Å². The molecule has 2 aromatic heterocycles. The molecule has 0 amide bonds. The van der Waals surface area contributed by atoms with Gasteiger partial charge >= 0.3 is 0 Å². The summed E-state index contributed by atoms with van der Waals surface area (Å²) in [6, 6.07) is 2.59. The monoisotopic (exact) mass is 257 g/mol. The van der Waals surface area contributed by atoms with Crippen molar-refractivity contribution in [3.05, 3.63) is 24.7 Å². The average molecular weight is 257 g/mol. The normalized spacial score (nSPS) is 16.0. The first-order valence-electron chi connectivity index (χ1n) is 6.96. The van der Waals surface area contributed by atoms with Crippen LogP contribution in [0.5, 0.6) is 0 Å². The van der Waals surface area contributed by atoms with Gasteiger partial charge in [0.25, 0.3) is 0 Å². The van der Waals surface area contributed by atoms with Gasteiger partial charge in [-0.15, -0.1) is 0 Å². The van der Waals surface area contributed by atoms with Crippen molar-refractivity contribution in [2.24, 2.45) is 0 Å². The third kappa shape index (κ3) is 2.98. The number of anilines is 1. The summed E-state index contributed by atoms with van der Waals surface area (Å²) < 4.78 is 0. The highest BCUT2D eigenvalue weighted by Gasteiger charge is 2.13. The maximum Gasteiger partial charge on any atom is 0.154 e. The molecule has 0 bridgehead atoms. The van der Waals surface area contributed by atoms with Crippen molar-refractivity contribution in [2.75, 3.05) is 18.4 Å². The SMILES string of the molecule is c1cc2nccnc2c(NCCNC2CCCC2)n1. The Hall–Kier alpha value is -1.75. The predicted octanol–water partition coefficient (Wildman–Crippen LogP) is 1.97. The van der Waals surface area contributed by atoms with Crippen molar-refractivity contribution < 1.29 is 0 Å². The summed E-state index contributed by atoms with van der Waals surface area (Å²) in [5.41, 5.74) is 1.72. The Balaban J connectivity index is 1.56. The van der Waals surface area contributed by atoms with Crippen molar-refractivity contribution in [3.8, 4) is 0 Å². The zero-order valence-electron chi connectivity index (χ0n) is 11.0. The van der Waals surface area contributed by atoms with Crippen LogP contribution in [0.4, 0.5) is 5.82 Å². The molecule has 1 fully saturated rings. The molecule has 0 atom stereocenters. The first-order valence-corrected chi connectivity index (χ1v) is 6.96. The first kappa shape index (κ1) is 12.3. The summed E-state index contributed by atoms with van der Waals surface area (Å²) in [4.78, 5) is 12.9. The van der Waals surface area contributed by atoms with Crippen LogP contribution < -0.4 is 10.6 Å². The number of fused-ring (bicyclic) bond motifs is 1. The fraction of sp³-hybridized carbons (Fsp3) is 0.500. The van der Waals surface area contributed by atoms with Gasteiger partial charge in [-0.3, -0.25) is 4.98 Å². The van der Waals surface area contributed by atoms with Crippen LogP contribution in [0.2, 0.25) is 0 Å². The summed E-state index contributed by atoms with van der Waals surface area (Å²) in [5.74, 6) is 0.818. The van der Waals surface area contributed by atoms with E-state index in [1.165, 1.54) is 25.7 Å². The summed E-state index contributed by atoms with van der Waals surface area (Å²) in [6.07, 6.45) is 10.5. The molecule has 3 rings (SSSR count). The second-order valence-corrected chi connectivity index (χ2v) is 4.95. The second-order valence-electron chi connectivity index (χ2n) is 4.95. The number of aromatic nitrogens is 3. The van der Waals surface area contributed by atoms with E-state index >= 15 is 0 Å². The lowest BCUT2D eigenvalue weighted by molar-refractivity contribution is 0.536. The maximum absolute atomic E-state index is 4.33. The van der Waals surface area contributed by atoms with Gasteiger partial charge in [0.2, 0.25) is 0 Å². The summed E-state index contributed by atoms with van der Waals surface area (Å²) in [5, 5.41) is 6.91. The summed E-state index contributed by atoms with van der Waals surface area (Å²) in [7, 11) is 0. The Kier molecular flexibility index (Phi) is 3.83. The third-order valence-electron chi connectivity index (χ3n) is 3.59. The van der Waals surface area contributed by atoms with Gasteiger partial charge in [-0.1, -0.05) is 12.8 Å². The minimum atomic E-state index is 0.710. The van der Waals surface area contributed by atoms with E-state index in [-0.39, 0.29) is 0 Å². The molecule has 2 heterocycles. The molecular formula is C14H19N5. The lowest BCUT2D eigenvalue weighted by Crippen LogP contribution is -2.30. The van der Waals surface area contributed by atoms with Gasteiger partial charge < -0.3 is 10.6 Å². The third-order valence-corrected chi connectivity index (χ3v) is 3.59. The van der Waals surface area contributed by atoms with E-state index in [1.807, 2.05) is 6.07 Å². The Bertz CT molecular complexity index is 531. The van der Waals surface area contributed by atoms with Gasteiger partial charge in [0.15, 0.2) is 5.82 Å². The molecule has 1 aliphatic rings. The molecule has 1 saturated carbocycles. The quantitative estimate of drug-likeness (QED) is 0.802. The van der Waals surface area contributed by atoms with Crippen LogP contribution in [0.3, 0.4) is 0 Å². The minimum Gasteiger partial charge on any atom is -0.367 e. The van der Waals surface area contributed by atoms with E-state index in [1.54, 1.807) is 18.6 Å². The zero-order chi connectivity index (χ0) is 12.9. The van der Waals surface area contributed by atoms with E-state index in [2.05, 4.69) is 25.6 Å². The molecular weight excluding hydrogens is 238 g/mol. The minimum absolute atomic E-state index is 0.710. The van der Waals surface area contributed by atoms with E-state index in [9.17, 15) is 0 Å². The molecule has 2 N–H and O–H groups in total. The van der Waals surface area contributed by atoms with Gasteiger partial charge in [-0.2, -0.15) is 0 Å². The number of hydrogen-bond donors (Lipinski definition) is 2. The zero-order valence-corrected chi connectivity index (χ0v) is 11.0. The smallest absolute Gasteiger partial charge is 0.154 e. The fourth-order valence-corrected chi connectivity index (χ4v) is 2.61.